The van der Waals surface area contributed by atoms with Crippen LogP contribution in [0.3, 0.4) is 0 Å². The quantitative estimate of drug-likeness (QED) is 0.434. The molecule has 0 unspecified atom stereocenters. The third-order valence-corrected chi connectivity index (χ3v) is 11.6. The molecule has 4 rings (SSSR count). The smallest absolute Gasteiger partial charge is 0.436 e. The number of nitrogens with one attached hydrogen (secondary N) is 2. The maximum Gasteiger partial charge on any atom is 0.436 e. The lowest BCUT2D eigenvalue weighted by molar-refractivity contribution is -0.121. The normalized spacial score (nSPS) is 17.6. The summed E-state index contributed by atoms with van der Waals surface area (Å²) >= 11 is 6.14. The van der Waals surface area contributed by atoms with Crippen LogP contribution in [0.15, 0.2) is 18.2 Å². The fourth-order valence-electron chi connectivity index (χ4n) is 5.20. The highest BCUT2D eigenvalue weighted by Gasteiger charge is 2.54. The van der Waals surface area contributed by atoms with Gasteiger partial charge in [0.2, 0.25) is 5.91 Å². The number of nitrogens with zero attached hydrogens (tertiary/aromatic N) is 3. The van der Waals surface area contributed by atoms with Crippen LogP contribution in [0.2, 0.25) is 29.7 Å². The molecule has 12 heteroatoms. The van der Waals surface area contributed by atoms with Crippen molar-refractivity contribution >= 4 is 49.2 Å². The first-order chi connectivity index (χ1) is 17.2. The van der Waals surface area contributed by atoms with Gasteiger partial charge in [0.15, 0.2) is 0 Å². The third kappa shape index (κ3) is 4.52. The molecule has 3 amide bonds. The van der Waals surface area contributed by atoms with Crippen LogP contribution in [0.1, 0.15) is 51.3 Å². The van der Waals surface area contributed by atoms with E-state index in [4.69, 9.17) is 16.3 Å². The molecule has 2 aliphatic rings. The Morgan fingerprint density at radius 2 is 1.86 bits per heavy atom. The fourth-order valence-corrected chi connectivity index (χ4v) is 7.96. The van der Waals surface area contributed by atoms with E-state index >= 15 is 0 Å². The summed E-state index contributed by atoms with van der Waals surface area (Å²) in [7, 11) is -1.89. The Labute approximate surface area is 221 Å². The minimum Gasteiger partial charge on any atom is -0.448 e. The molecule has 1 aliphatic carbocycles. The first-order valence-electron chi connectivity index (χ1n) is 12.4. The highest BCUT2D eigenvalue weighted by Crippen LogP contribution is 2.56. The predicted molar refractivity (Wildman–Crippen MR) is 142 cm³/mol. The molecule has 0 spiro atoms. The van der Waals surface area contributed by atoms with Gasteiger partial charge < -0.3 is 20.3 Å². The van der Waals surface area contributed by atoms with Crippen LogP contribution in [0, 0.1) is 5.82 Å². The highest BCUT2D eigenvalue weighted by molar-refractivity contribution is 6.83. The molecule has 0 bridgehead atoms. The van der Waals surface area contributed by atoms with E-state index in [0.29, 0.717) is 11.3 Å². The van der Waals surface area contributed by atoms with Crippen LogP contribution in [0.4, 0.5) is 25.5 Å². The molecule has 2 aromatic rings. The lowest BCUT2D eigenvalue weighted by atomic mass is 9.83. The van der Waals surface area contributed by atoms with Crippen molar-refractivity contribution in [1.29, 1.82) is 0 Å². The van der Waals surface area contributed by atoms with Gasteiger partial charge in [0, 0.05) is 10.6 Å². The van der Waals surface area contributed by atoms with E-state index in [0.717, 1.165) is 30.0 Å². The van der Waals surface area contributed by atoms with Gasteiger partial charge in [-0.1, -0.05) is 37.7 Å². The lowest BCUT2D eigenvalue weighted by Crippen LogP contribution is -2.52. The third-order valence-electron chi connectivity index (χ3n) is 7.72. The van der Waals surface area contributed by atoms with Crippen LogP contribution in [0.25, 0.3) is 0 Å². The summed E-state index contributed by atoms with van der Waals surface area (Å²) in [5.41, 5.74) is 0.201. The molecule has 2 heterocycles. The molecule has 1 saturated carbocycles. The van der Waals surface area contributed by atoms with Crippen molar-refractivity contribution in [3.05, 3.63) is 40.3 Å². The zero-order chi connectivity index (χ0) is 27.3. The van der Waals surface area contributed by atoms with Gasteiger partial charge in [-0.05, 0) is 51.8 Å². The number of carbonyl (C=O) groups excluding carboxylic acids is 3. The van der Waals surface area contributed by atoms with E-state index in [9.17, 15) is 18.8 Å². The number of aromatic nitrogens is 2. The SMILES string of the molecule is CCOC(=O)n1nc2c(c1NC(=O)C1([Si](C)(C)C)CCC1)CN(C(=O)Nc1cc(F)ccc1Cl)C2(C)C. The second-order valence-electron chi connectivity index (χ2n) is 11.1. The van der Waals surface area contributed by atoms with Gasteiger partial charge in [-0.3, -0.25) is 4.79 Å². The zero-order valence-electron chi connectivity index (χ0n) is 22.0. The van der Waals surface area contributed by atoms with Gasteiger partial charge in [-0.15, -0.1) is 4.68 Å². The fraction of sp³-hybridized carbons (Fsp3) is 0.520. The first kappa shape index (κ1) is 27.1. The van der Waals surface area contributed by atoms with Gasteiger partial charge in [-0.2, -0.15) is 5.10 Å². The van der Waals surface area contributed by atoms with Crippen molar-refractivity contribution in [2.45, 2.75) is 76.8 Å². The summed E-state index contributed by atoms with van der Waals surface area (Å²) in [4.78, 5) is 41.3. The number of carbonyl (C=O) groups is 3. The number of amides is 3. The predicted octanol–water partition coefficient (Wildman–Crippen LogP) is 6.16. The average Bonchev–Trinajstić information content (AvgIpc) is 3.23. The Bertz CT molecular complexity index is 1270. The molecule has 0 atom stereocenters. The summed E-state index contributed by atoms with van der Waals surface area (Å²) in [6.45, 7) is 12.0. The summed E-state index contributed by atoms with van der Waals surface area (Å²) in [5, 5.41) is 9.93. The van der Waals surface area contributed by atoms with E-state index < -0.39 is 36.6 Å². The molecule has 1 aromatic carbocycles. The van der Waals surface area contributed by atoms with E-state index in [2.05, 4.69) is 35.4 Å². The summed E-state index contributed by atoms with van der Waals surface area (Å²) in [5.74, 6) is -0.444. The molecule has 37 heavy (non-hydrogen) atoms. The van der Waals surface area contributed by atoms with Crippen LogP contribution >= 0.6 is 11.6 Å². The van der Waals surface area contributed by atoms with E-state index in [1.54, 1.807) is 20.8 Å². The monoisotopic (exact) mass is 549 g/mol. The lowest BCUT2D eigenvalue weighted by Gasteiger charge is -2.48. The van der Waals surface area contributed by atoms with Crippen molar-refractivity contribution in [2.75, 3.05) is 17.2 Å². The van der Waals surface area contributed by atoms with Gasteiger partial charge in [0.05, 0.1) is 43.2 Å². The number of fused-ring (bicyclic) bond motifs is 1. The summed E-state index contributed by atoms with van der Waals surface area (Å²) in [6, 6.07) is 3.19. The Balaban J connectivity index is 1.69. The number of benzene rings is 1. The van der Waals surface area contributed by atoms with E-state index in [1.807, 2.05) is 0 Å². The zero-order valence-corrected chi connectivity index (χ0v) is 23.8. The average molecular weight is 550 g/mol. The molecular formula is C25H33ClFN5O4Si. The number of rotatable bonds is 5. The second kappa shape index (κ2) is 9.43. The van der Waals surface area contributed by atoms with E-state index in [1.165, 1.54) is 17.0 Å². The highest BCUT2D eigenvalue weighted by atomic mass is 35.5. The Hall–Kier alpha value is -2.92. The molecule has 1 aliphatic heterocycles. The number of halogens is 2. The minimum absolute atomic E-state index is 0.0655. The largest absolute Gasteiger partial charge is 0.448 e. The molecule has 2 N–H and O–H groups in total. The first-order valence-corrected chi connectivity index (χ1v) is 16.3. The van der Waals surface area contributed by atoms with Crippen LogP contribution in [-0.2, 0) is 21.6 Å². The van der Waals surface area contributed by atoms with Crippen LogP contribution < -0.4 is 10.6 Å². The van der Waals surface area contributed by atoms with Crippen molar-refractivity contribution in [1.82, 2.24) is 14.7 Å². The van der Waals surface area contributed by atoms with Gasteiger partial charge >= 0.3 is 12.1 Å². The molecule has 200 valence electrons. The maximum absolute atomic E-state index is 13.7. The minimum atomic E-state index is -1.89. The van der Waals surface area contributed by atoms with Crippen molar-refractivity contribution in [3.8, 4) is 0 Å². The van der Waals surface area contributed by atoms with Gasteiger partial charge in [0.25, 0.3) is 0 Å². The number of anilines is 2. The molecule has 9 nitrogen and oxygen atoms in total. The van der Waals surface area contributed by atoms with Crippen LogP contribution in [-0.4, -0.2) is 47.4 Å². The Morgan fingerprint density at radius 3 is 2.43 bits per heavy atom. The van der Waals surface area contributed by atoms with E-state index in [-0.39, 0.29) is 35.6 Å². The van der Waals surface area contributed by atoms with Crippen LogP contribution in [0.5, 0.6) is 0 Å². The summed E-state index contributed by atoms with van der Waals surface area (Å²) in [6.07, 6.45) is 1.88. The molecule has 1 fully saturated rings. The number of hydrogen-bond acceptors (Lipinski definition) is 5. The van der Waals surface area contributed by atoms with Crippen molar-refractivity contribution in [2.24, 2.45) is 0 Å². The Kier molecular flexibility index (Phi) is 6.91. The van der Waals surface area contributed by atoms with Gasteiger partial charge in [-0.25, -0.2) is 14.0 Å². The molecule has 1 aromatic heterocycles. The van der Waals surface area contributed by atoms with Crippen molar-refractivity contribution < 1.29 is 23.5 Å². The van der Waals surface area contributed by atoms with Gasteiger partial charge in [0.1, 0.15) is 11.6 Å². The topological polar surface area (TPSA) is 106 Å². The molecule has 0 radical (unpaired) electrons. The standard InChI is InChI=1S/C25H33ClFN5O4Si/c1-7-36-23(35)32-20(29-21(33)25(11-8-12-25)37(4,5)6)16-14-31(24(2,3)19(16)30-32)22(34)28-18-13-15(27)9-10-17(18)26/h9-10,13H,7-8,11-12,14H2,1-6H3,(H,28,34)(H,29,33). The molecular weight excluding hydrogens is 517 g/mol. The van der Waals surface area contributed by atoms with Crippen molar-refractivity contribution in [3.63, 3.8) is 0 Å². The number of hydrogen-bond donors (Lipinski definition) is 2. The second-order valence-corrected chi connectivity index (χ2v) is 17.0. The molecule has 0 saturated heterocycles. The number of urea groups is 1. The summed E-state index contributed by atoms with van der Waals surface area (Å²) < 4.78 is 20.0. The number of ether oxygens (including phenoxy) is 1. The maximum atomic E-state index is 13.7. The Morgan fingerprint density at radius 1 is 1.19 bits per heavy atom.